The minimum atomic E-state index is -0.230. The van der Waals surface area contributed by atoms with Crippen LogP contribution in [0.5, 0.6) is 0 Å². The molecule has 2 N–H and O–H groups in total. The SMILES string of the molecule is CN(Cc1ccccc1)C(=O)c1cccc(NC(=O)CNc2ccc(C(=O)N3CCCCCC3)cc2)c1. The number of rotatable bonds is 8. The summed E-state index contributed by atoms with van der Waals surface area (Å²) in [6.07, 6.45) is 4.48. The van der Waals surface area contributed by atoms with Gasteiger partial charge < -0.3 is 20.4 Å². The first-order chi connectivity index (χ1) is 18.0. The van der Waals surface area contributed by atoms with E-state index in [-0.39, 0.29) is 24.3 Å². The number of anilines is 2. The van der Waals surface area contributed by atoms with Crippen LogP contribution in [-0.2, 0) is 11.3 Å². The molecule has 0 aliphatic carbocycles. The van der Waals surface area contributed by atoms with Crippen LogP contribution in [0.3, 0.4) is 0 Å². The molecule has 37 heavy (non-hydrogen) atoms. The lowest BCUT2D eigenvalue weighted by Crippen LogP contribution is -2.31. The minimum Gasteiger partial charge on any atom is -0.376 e. The predicted octanol–water partition coefficient (Wildman–Crippen LogP) is 5.03. The van der Waals surface area contributed by atoms with E-state index in [0.717, 1.165) is 37.2 Å². The van der Waals surface area contributed by atoms with Crippen molar-refractivity contribution >= 4 is 29.1 Å². The topological polar surface area (TPSA) is 81.8 Å². The van der Waals surface area contributed by atoms with Crippen LogP contribution >= 0.6 is 0 Å². The summed E-state index contributed by atoms with van der Waals surface area (Å²) in [4.78, 5) is 41.7. The van der Waals surface area contributed by atoms with Crippen molar-refractivity contribution < 1.29 is 14.4 Å². The number of hydrogen-bond acceptors (Lipinski definition) is 4. The van der Waals surface area contributed by atoms with E-state index < -0.39 is 0 Å². The molecule has 1 fully saturated rings. The van der Waals surface area contributed by atoms with Gasteiger partial charge in [0.2, 0.25) is 5.91 Å². The fraction of sp³-hybridized carbons (Fsp3) is 0.300. The minimum absolute atomic E-state index is 0.0610. The zero-order valence-corrected chi connectivity index (χ0v) is 21.3. The van der Waals surface area contributed by atoms with Crippen LogP contribution < -0.4 is 10.6 Å². The Morgan fingerprint density at radius 3 is 2.19 bits per heavy atom. The van der Waals surface area contributed by atoms with Gasteiger partial charge in [0, 0.05) is 49.2 Å². The van der Waals surface area contributed by atoms with E-state index >= 15 is 0 Å². The van der Waals surface area contributed by atoms with Gasteiger partial charge in [0.1, 0.15) is 0 Å². The Morgan fingerprint density at radius 2 is 1.49 bits per heavy atom. The summed E-state index contributed by atoms with van der Waals surface area (Å²) in [5, 5.41) is 5.93. The Kier molecular flexibility index (Phi) is 8.92. The van der Waals surface area contributed by atoms with Gasteiger partial charge in [-0.15, -0.1) is 0 Å². The number of carbonyl (C=O) groups is 3. The van der Waals surface area contributed by atoms with E-state index in [1.54, 1.807) is 48.3 Å². The second kappa shape index (κ2) is 12.7. The molecule has 0 saturated carbocycles. The molecule has 0 aromatic heterocycles. The molecule has 3 amide bonds. The Labute approximate surface area is 218 Å². The fourth-order valence-electron chi connectivity index (χ4n) is 4.45. The number of carbonyl (C=O) groups excluding carboxylic acids is 3. The monoisotopic (exact) mass is 498 g/mol. The summed E-state index contributed by atoms with van der Waals surface area (Å²) in [6.45, 7) is 2.19. The molecule has 7 nitrogen and oxygen atoms in total. The van der Waals surface area contributed by atoms with Gasteiger partial charge in [-0.25, -0.2) is 0 Å². The lowest BCUT2D eigenvalue weighted by molar-refractivity contribution is -0.114. The summed E-state index contributed by atoms with van der Waals surface area (Å²) < 4.78 is 0. The highest BCUT2D eigenvalue weighted by molar-refractivity contribution is 5.98. The van der Waals surface area contributed by atoms with Gasteiger partial charge in [0.25, 0.3) is 11.8 Å². The summed E-state index contributed by atoms with van der Waals surface area (Å²) >= 11 is 0. The van der Waals surface area contributed by atoms with Crippen LogP contribution in [-0.4, -0.2) is 54.2 Å². The van der Waals surface area contributed by atoms with Crippen molar-refractivity contribution in [3.05, 3.63) is 95.6 Å². The molecule has 192 valence electrons. The Morgan fingerprint density at radius 1 is 0.784 bits per heavy atom. The van der Waals surface area contributed by atoms with E-state index in [2.05, 4.69) is 10.6 Å². The van der Waals surface area contributed by atoms with Crippen molar-refractivity contribution in [2.24, 2.45) is 0 Å². The van der Waals surface area contributed by atoms with Crippen LogP contribution in [0.2, 0.25) is 0 Å². The normalized spacial score (nSPS) is 13.4. The maximum atomic E-state index is 12.9. The highest BCUT2D eigenvalue weighted by Crippen LogP contribution is 2.17. The quantitative estimate of drug-likeness (QED) is 0.457. The number of nitrogens with zero attached hydrogens (tertiary/aromatic N) is 2. The van der Waals surface area contributed by atoms with Crippen LogP contribution in [0.4, 0.5) is 11.4 Å². The first kappa shape index (κ1) is 25.9. The average Bonchev–Trinajstić information content (AvgIpc) is 3.22. The molecule has 4 rings (SSSR count). The van der Waals surface area contributed by atoms with Crippen molar-refractivity contribution in [1.29, 1.82) is 0 Å². The van der Waals surface area contributed by atoms with E-state index in [1.165, 1.54) is 12.8 Å². The molecule has 3 aromatic carbocycles. The number of benzene rings is 3. The molecule has 1 heterocycles. The standard InChI is InChI=1S/C30H34N4O3/c1-33(22-23-10-5-4-6-11-23)29(36)25-12-9-13-27(20-25)32-28(35)21-31-26-16-14-24(15-17-26)30(37)34-18-7-2-3-8-19-34/h4-6,9-17,20,31H,2-3,7-8,18-19,21-22H2,1H3,(H,32,35). The molecule has 0 bridgehead atoms. The zero-order chi connectivity index (χ0) is 26.0. The Balaban J connectivity index is 1.28. The number of likely N-dealkylation sites (tertiary alicyclic amines) is 1. The molecule has 1 saturated heterocycles. The third-order valence-corrected chi connectivity index (χ3v) is 6.48. The van der Waals surface area contributed by atoms with Gasteiger partial charge in [-0.1, -0.05) is 49.2 Å². The van der Waals surface area contributed by atoms with Crippen molar-refractivity contribution in [2.45, 2.75) is 32.2 Å². The van der Waals surface area contributed by atoms with Gasteiger partial charge >= 0.3 is 0 Å². The Hall–Kier alpha value is -4.13. The van der Waals surface area contributed by atoms with Crippen LogP contribution in [0.25, 0.3) is 0 Å². The Bertz CT molecular complexity index is 1200. The average molecular weight is 499 g/mol. The first-order valence-corrected chi connectivity index (χ1v) is 12.8. The van der Waals surface area contributed by atoms with E-state index in [9.17, 15) is 14.4 Å². The highest BCUT2D eigenvalue weighted by Gasteiger charge is 2.17. The largest absolute Gasteiger partial charge is 0.376 e. The van der Waals surface area contributed by atoms with Crippen molar-refractivity contribution in [3.8, 4) is 0 Å². The second-order valence-electron chi connectivity index (χ2n) is 9.41. The van der Waals surface area contributed by atoms with Crippen LogP contribution in [0, 0.1) is 0 Å². The van der Waals surface area contributed by atoms with E-state index in [1.807, 2.05) is 47.4 Å². The van der Waals surface area contributed by atoms with Crippen LogP contribution in [0.15, 0.2) is 78.9 Å². The molecular formula is C30H34N4O3. The third-order valence-electron chi connectivity index (χ3n) is 6.48. The molecular weight excluding hydrogens is 464 g/mol. The fourth-order valence-corrected chi connectivity index (χ4v) is 4.45. The maximum Gasteiger partial charge on any atom is 0.253 e. The second-order valence-corrected chi connectivity index (χ2v) is 9.41. The lowest BCUT2D eigenvalue weighted by Gasteiger charge is -2.20. The number of nitrogens with one attached hydrogen (secondary N) is 2. The molecule has 1 aliphatic rings. The molecule has 1 aliphatic heterocycles. The van der Waals surface area contributed by atoms with E-state index in [0.29, 0.717) is 23.4 Å². The van der Waals surface area contributed by atoms with Gasteiger partial charge in [-0.05, 0) is 60.9 Å². The van der Waals surface area contributed by atoms with Crippen molar-refractivity contribution in [3.63, 3.8) is 0 Å². The first-order valence-electron chi connectivity index (χ1n) is 12.8. The molecule has 0 spiro atoms. The molecule has 3 aromatic rings. The predicted molar refractivity (Wildman–Crippen MR) is 147 cm³/mol. The highest BCUT2D eigenvalue weighted by atomic mass is 16.2. The number of amides is 3. The molecule has 0 atom stereocenters. The molecule has 0 unspecified atom stereocenters. The maximum absolute atomic E-state index is 12.9. The van der Waals surface area contributed by atoms with Crippen molar-refractivity contribution in [1.82, 2.24) is 9.80 Å². The third kappa shape index (κ3) is 7.43. The van der Waals surface area contributed by atoms with Gasteiger partial charge in [0.05, 0.1) is 6.54 Å². The molecule has 7 heteroatoms. The smallest absolute Gasteiger partial charge is 0.253 e. The summed E-state index contributed by atoms with van der Waals surface area (Å²) in [6, 6.07) is 24.0. The van der Waals surface area contributed by atoms with Gasteiger partial charge in [-0.2, -0.15) is 0 Å². The van der Waals surface area contributed by atoms with Gasteiger partial charge in [-0.3, -0.25) is 14.4 Å². The zero-order valence-electron chi connectivity index (χ0n) is 21.3. The van der Waals surface area contributed by atoms with Crippen molar-refractivity contribution in [2.75, 3.05) is 37.3 Å². The van der Waals surface area contributed by atoms with E-state index in [4.69, 9.17) is 0 Å². The number of hydrogen-bond donors (Lipinski definition) is 2. The molecule has 0 radical (unpaired) electrons. The summed E-state index contributed by atoms with van der Waals surface area (Å²) in [5.41, 5.74) is 3.54. The summed E-state index contributed by atoms with van der Waals surface area (Å²) in [7, 11) is 1.76. The van der Waals surface area contributed by atoms with Crippen LogP contribution in [0.1, 0.15) is 52.0 Å². The lowest BCUT2D eigenvalue weighted by atomic mass is 10.1. The van der Waals surface area contributed by atoms with Gasteiger partial charge in [0.15, 0.2) is 0 Å². The summed E-state index contributed by atoms with van der Waals surface area (Å²) in [5.74, 6) is -0.283.